The molecule has 0 unspecified atom stereocenters. The average molecular weight is 374 g/mol. The predicted molar refractivity (Wildman–Crippen MR) is 100 cm³/mol. The summed E-state index contributed by atoms with van der Waals surface area (Å²) < 4.78 is 1.60. The fourth-order valence-corrected chi connectivity index (χ4v) is 2.99. The molecule has 1 aromatic heterocycles. The number of aliphatic hydroxyl groups is 1. The van der Waals surface area contributed by atoms with Crippen molar-refractivity contribution in [3.05, 3.63) is 60.4 Å². The fraction of sp³-hybridized carbons (Fsp3) is 0.278. The smallest absolute Gasteiger partial charge is 0.240 e. The molecule has 0 atom stereocenters. The number of thioether (sulfide) groups is 1. The molecule has 3 N–H and O–H groups in total. The van der Waals surface area contributed by atoms with Crippen molar-refractivity contribution >= 4 is 23.6 Å². The van der Waals surface area contributed by atoms with E-state index in [1.54, 1.807) is 10.6 Å². The summed E-state index contributed by atoms with van der Waals surface area (Å²) in [6.07, 6.45) is 3.09. The second-order valence-electron chi connectivity index (χ2n) is 5.42. The number of imidazole rings is 1. The van der Waals surface area contributed by atoms with Gasteiger partial charge < -0.3 is 20.3 Å². The normalized spacial score (nSPS) is 10.3. The molecule has 0 radical (unpaired) electrons. The van der Waals surface area contributed by atoms with Crippen molar-refractivity contribution in [2.75, 3.05) is 12.3 Å². The molecule has 0 saturated heterocycles. The molecule has 1 aromatic carbocycles. The minimum atomic E-state index is -0.234. The molecule has 0 bridgehead atoms. The standard InChI is InChI=1S/C18H22N4O3S/c1-2-8-19-16(24)11-22-15(12-23)10-21-18(22)26-13-17(25)20-9-14-6-4-3-5-7-14/h2-7,10,23H,1,8-9,11-13H2,(H,19,24)(H,20,25). The summed E-state index contributed by atoms with van der Waals surface area (Å²) in [5, 5.41) is 15.4. The Bertz CT molecular complexity index is 746. The van der Waals surface area contributed by atoms with E-state index in [-0.39, 0.29) is 30.7 Å². The molecule has 0 aliphatic rings. The Morgan fingerprint density at radius 2 is 2.00 bits per heavy atom. The van der Waals surface area contributed by atoms with Gasteiger partial charge >= 0.3 is 0 Å². The summed E-state index contributed by atoms with van der Waals surface area (Å²) in [5.41, 5.74) is 1.54. The predicted octanol–water partition coefficient (Wildman–Crippen LogP) is 1.09. The zero-order chi connectivity index (χ0) is 18.8. The third-order valence-electron chi connectivity index (χ3n) is 3.47. The number of nitrogens with one attached hydrogen (secondary N) is 2. The van der Waals surface area contributed by atoms with Gasteiger partial charge in [-0.3, -0.25) is 9.59 Å². The highest BCUT2D eigenvalue weighted by Crippen LogP contribution is 2.18. The van der Waals surface area contributed by atoms with E-state index in [1.807, 2.05) is 30.3 Å². The number of carbonyl (C=O) groups is 2. The highest BCUT2D eigenvalue weighted by molar-refractivity contribution is 7.99. The average Bonchev–Trinajstić information content (AvgIpc) is 3.05. The van der Waals surface area contributed by atoms with Gasteiger partial charge in [0, 0.05) is 13.1 Å². The van der Waals surface area contributed by atoms with Crippen LogP contribution < -0.4 is 10.6 Å². The zero-order valence-electron chi connectivity index (χ0n) is 14.4. The van der Waals surface area contributed by atoms with Crippen LogP contribution in [0, 0.1) is 0 Å². The number of aliphatic hydroxyl groups excluding tert-OH is 1. The van der Waals surface area contributed by atoms with Gasteiger partial charge in [0.25, 0.3) is 0 Å². The molecule has 0 aliphatic carbocycles. The number of aromatic nitrogens is 2. The second-order valence-corrected chi connectivity index (χ2v) is 6.36. The fourth-order valence-electron chi connectivity index (χ4n) is 2.17. The first-order valence-corrected chi connectivity index (χ1v) is 9.09. The Kier molecular flexibility index (Phi) is 7.91. The lowest BCUT2D eigenvalue weighted by atomic mass is 10.2. The molecule has 1 heterocycles. The second kappa shape index (κ2) is 10.4. The molecule has 0 saturated carbocycles. The van der Waals surface area contributed by atoms with E-state index >= 15 is 0 Å². The lowest BCUT2D eigenvalue weighted by molar-refractivity contribution is -0.121. The topological polar surface area (TPSA) is 96.2 Å². The number of amides is 2. The minimum absolute atomic E-state index is 0.0255. The minimum Gasteiger partial charge on any atom is -0.390 e. The first kappa shape index (κ1) is 19.7. The monoisotopic (exact) mass is 374 g/mol. The summed E-state index contributed by atoms with van der Waals surface area (Å²) >= 11 is 1.22. The molecule has 0 spiro atoms. The molecule has 2 amide bonds. The highest BCUT2D eigenvalue weighted by Gasteiger charge is 2.14. The molecule has 8 heteroatoms. The maximum atomic E-state index is 12.0. The number of hydrogen-bond donors (Lipinski definition) is 3. The van der Waals surface area contributed by atoms with Crippen molar-refractivity contribution in [1.29, 1.82) is 0 Å². The van der Waals surface area contributed by atoms with E-state index < -0.39 is 0 Å². The summed E-state index contributed by atoms with van der Waals surface area (Å²) in [5.74, 6) is -0.175. The van der Waals surface area contributed by atoms with Gasteiger partial charge in [-0.05, 0) is 5.56 Å². The van der Waals surface area contributed by atoms with Crippen LogP contribution in [0.1, 0.15) is 11.3 Å². The molecule has 26 heavy (non-hydrogen) atoms. The number of benzene rings is 1. The van der Waals surface area contributed by atoms with Crippen LogP contribution in [0.3, 0.4) is 0 Å². The van der Waals surface area contributed by atoms with Crippen molar-refractivity contribution in [2.45, 2.75) is 24.9 Å². The molecular formula is C18H22N4O3S. The lowest BCUT2D eigenvalue weighted by Gasteiger charge is -2.10. The van der Waals surface area contributed by atoms with Gasteiger partial charge in [0.1, 0.15) is 6.54 Å². The molecule has 0 fully saturated rings. The van der Waals surface area contributed by atoms with Crippen LogP contribution in [0.15, 0.2) is 54.3 Å². The van der Waals surface area contributed by atoms with Gasteiger partial charge in [-0.25, -0.2) is 4.98 Å². The van der Waals surface area contributed by atoms with Crippen LogP contribution in [-0.4, -0.2) is 38.8 Å². The number of carbonyl (C=O) groups excluding carboxylic acids is 2. The number of rotatable bonds is 10. The van der Waals surface area contributed by atoms with Gasteiger partial charge in [0.2, 0.25) is 11.8 Å². The third-order valence-corrected chi connectivity index (χ3v) is 4.46. The van der Waals surface area contributed by atoms with Gasteiger partial charge in [-0.1, -0.05) is 48.2 Å². The highest BCUT2D eigenvalue weighted by atomic mass is 32.2. The van der Waals surface area contributed by atoms with E-state index in [2.05, 4.69) is 22.2 Å². The summed E-state index contributed by atoms with van der Waals surface area (Å²) in [6, 6.07) is 9.64. The molecule has 2 aromatic rings. The SMILES string of the molecule is C=CCNC(=O)Cn1c(CO)cnc1SCC(=O)NCc1ccccc1. The summed E-state index contributed by atoms with van der Waals surface area (Å²) in [4.78, 5) is 28.1. The maximum Gasteiger partial charge on any atom is 0.240 e. The Balaban J connectivity index is 1.89. The van der Waals surface area contributed by atoms with E-state index in [4.69, 9.17) is 0 Å². The quantitative estimate of drug-likeness (QED) is 0.427. The van der Waals surface area contributed by atoms with Gasteiger partial charge in [-0.15, -0.1) is 6.58 Å². The van der Waals surface area contributed by atoms with Crippen LogP contribution in [0.2, 0.25) is 0 Å². The van der Waals surface area contributed by atoms with Crippen LogP contribution in [0.5, 0.6) is 0 Å². The maximum absolute atomic E-state index is 12.0. The van der Waals surface area contributed by atoms with Gasteiger partial charge in [0.15, 0.2) is 5.16 Å². The van der Waals surface area contributed by atoms with Crippen LogP contribution >= 0.6 is 11.8 Å². The van der Waals surface area contributed by atoms with Crippen LogP contribution in [0.25, 0.3) is 0 Å². The summed E-state index contributed by atoms with van der Waals surface area (Å²) in [7, 11) is 0. The van der Waals surface area contributed by atoms with E-state index in [0.717, 1.165) is 5.56 Å². The Hall–Kier alpha value is -2.58. The van der Waals surface area contributed by atoms with Gasteiger partial charge in [0.05, 0.1) is 24.3 Å². The van der Waals surface area contributed by atoms with Crippen molar-refractivity contribution in [2.24, 2.45) is 0 Å². The van der Waals surface area contributed by atoms with Crippen molar-refractivity contribution in [3.63, 3.8) is 0 Å². The van der Waals surface area contributed by atoms with Crippen molar-refractivity contribution in [3.8, 4) is 0 Å². The van der Waals surface area contributed by atoms with E-state index in [1.165, 1.54) is 18.0 Å². The molecule has 7 nitrogen and oxygen atoms in total. The van der Waals surface area contributed by atoms with Crippen molar-refractivity contribution in [1.82, 2.24) is 20.2 Å². The lowest BCUT2D eigenvalue weighted by Crippen LogP contribution is -2.28. The Morgan fingerprint density at radius 3 is 2.69 bits per heavy atom. The molecule has 0 aliphatic heterocycles. The molecule has 138 valence electrons. The van der Waals surface area contributed by atoms with Crippen LogP contribution in [0.4, 0.5) is 0 Å². The van der Waals surface area contributed by atoms with Crippen molar-refractivity contribution < 1.29 is 14.7 Å². The first-order valence-electron chi connectivity index (χ1n) is 8.10. The molecular weight excluding hydrogens is 352 g/mol. The largest absolute Gasteiger partial charge is 0.390 e. The third kappa shape index (κ3) is 6.05. The number of hydrogen-bond acceptors (Lipinski definition) is 5. The first-order chi connectivity index (χ1) is 12.6. The summed E-state index contributed by atoms with van der Waals surface area (Å²) in [6.45, 7) is 4.16. The van der Waals surface area contributed by atoms with E-state index in [9.17, 15) is 14.7 Å². The van der Waals surface area contributed by atoms with Crippen LogP contribution in [-0.2, 0) is 29.3 Å². The van der Waals surface area contributed by atoms with Gasteiger partial charge in [-0.2, -0.15) is 0 Å². The molecule has 2 rings (SSSR count). The van der Waals surface area contributed by atoms with E-state index in [0.29, 0.717) is 23.9 Å². The Morgan fingerprint density at radius 1 is 1.23 bits per heavy atom. The zero-order valence-corrected chi connectivity index (χ0v) is 15.2. The number of nitrogens with zero attached hydrogens (tertiary/aromatic N) is 2. The Labute approximate surface area is 156 Å².